The molecule has 9 nitrogen and oxygen atoms in total. The summed E-state index contributed by atoms with van der Waals surface area (Å²) in [5, 5.41) is 22.3. The van der Waals surface area contributed by atoms with Crippen LogP contribution in [0.5, 0.6) is 0 Å². The molecule has 2 aromatic heterocycles. The fourth-order valence-corrected chi connectivity index (χ4v) is 3.25. The minimum Gasteiger partial charge on any atom is -0.388 e. The number of nitrogen functional groups attached to an aromatic ring is 1. The van der Waals surface area contributed by atoms with E-state index in [9.17, 15) is 28.2 Å². The lowest BCUT2D eigenvalue weighted by atomic mass is 10.1. The van der Waals surface area contributed by atoms with E-state index in [-0.39, 0.29) is 12.4 Å². The Bertz CT molecular complexity index is 997. The number of amides is 1. The fraction of sp³-hybridized carbons (Fsp3) is 0.500. The van der Waals surface area contributed by atoms with E-state index in [1.54, 1.807) is 16.1 Å². The number of rotatable bonds is 4. The van der Waals surface area contributed by atoms with E-state index in [1.165, 1.54) is 6.33 Å². The van der Waals surface area contributed by atoms with E-state index in [1.807, 2.05) is 6.92 Å². The standard InChI is InChI=1S/C18H20F3N5O4/c1-2-10-13(27)14(28)11(30-10)7-26-6-9(12-15(22)24-8-25-16(12)26)4-3-5-23-17(29)18(19,20)21/h6,8,10-11,13-14,27-28H,2,5,7H2,1H3,(H,23,29)(H2,22,24,25)/t10-,11+,13?,14-/m1/s1. The molecule has 1 fully saturated rings. The van der Waals surface area contributed by atoms with Gasteiger partial charge >= 0.3 is 12.1 Å². The molecule has 1 aliphatic rings. The van der Waals surface area contributed by atoms with Gasteiger partial charge in [-0.15, -0.1) is 0 Å². The molecule has 12 heteroatoms. The first-order chi connectivity index (χ1) is 14.1. The van der Waals surface area contributed by atoms with Crippen LogP contribution >= 0.6 is 0 Å². The monoisotopic (exact) mass is 427 g/mol. The van der Waals surface area contributed by atoms with Crippen molar-refractivity contribution in [2.45, 2.75) is 50.5 Å². The molecule has 5 N–H and O–H groups in total. The largest absolute Gasteiger partial charge is 0.471 e. The van der Waals surface area contributed by atoms with Crippen LogP contribution in [0.3, 0.4) is 0 Å². The van der Waals surface area contributed by atoms with E-state index in [4.69, 9.17) is 10.5 Å². The number of carbonyl (C=O) groups is 1. The van der Waals surface area contributed by atoms with Gasteiger partial charge in [0.05, 0.1) is 30.1 Å². The minimum absolute atomic E-state index is 0.113. The SMILES string of the molecule is CC[C@H]1O[C@@H](Cn2cc(C#CCNC(=O)C(F)(F)F)c3c(N)ncnc32)[C@@H](O)C1O. The molecule has 0 radical (unpaired) electrons. The number of aromatic nitrogens is 3. The molecule has 0 aliphatic carbocycles. The zero-order chi connectivity index (χ0) is 22.1. The van der Waals surface area contributed by atoms with Gasteiger partial charge in [-0.3, -0.25) is 4.79 Å². The van der Waals surface area contributed by atoms with Crippen molar-refractivity contribution in [2.75, 3.05) is 12.3 Å². The summed E-state index contributed by atoms with van der Waals surface area (Å²) in [5.74, 6) is 3.12. The normalized spacial score (nSPS) is 23.9. The molecular formula is C18H20F3N5O4. The van der Waals surface area contributed by atoms with Crippen molar-refractivity contribution in [3.8, 4) is 11.8 Å². The molecule has 3 heterocycles. The van der Waals surface area contributed by atoms with Crippen molar-refractivity contribution >= 4 is 22.8 Å². The molecule has 1 aliphatic heterocycles. The lowest BCUT2D eigenvalue weighted by molar-refractivity contribution is -0.173. The molecule has 3 rings (SSSR count). The van der Waals surface area contributed by atoms with Gasteiger partial charge in [0.25, 0.3) is 0 Å². The van der Waals surface area contributed by atoms with Gasteiger partial charge in [-0.05, 0) is 6.42 Å². The summed E-state index contributed by atoms with van der Waals surface area (Å²) in [6.45, 7) is 1.44. The Labute approximate surface area is 169 Å². The Balaban J connectivity index is 1.84. The highest BCUT2D eigenvalue weighted by molar-refractivity contribution is 5.92. The molecule has 0 bridgehead atoms. The number of carbonyl (C=O) groups excluding carboxylic acids is 1. The summed E-state index contributed by atoms with van der Waals surface area (Å²) < 4.78 is 44.0. The van der Waals surface area contributed by atoms with Crippen LogP contribution in [0.2, 0.25) is 0 Å². The molecule has 2 aromatic rings. The van der Waals surface area contributed by atoms with Crippen LogP contribution in [-0.4, -0.2) is 67.8 Å². The molecule has 1 unspecified atom stereocenters. The Hall–Kier alpha value is -2.88. The second kappa shape index (κ2) is 8.47. The number of nitrogens with one attached hydrogen (secondary N) is 1. The van der Waals surface area contributed by atoms with Gasteiger partial charge in [0, 0.05) is 6.20 Å². The van der Waals surface area contributed by atoms with Crippen molar-refractivity contribution in [1.29, 1.82) is 0 Å². The highest BCUT2D eigenvalue weighted by atomic mass is 19.4. The summed E-state index contributed by atoms with van der Waals surface area (Å²) in [6, 6.07) is 0. The van der Waals surface area contributed by atoms with Gasteiger partial charge in [-0.25, -0.2) is 9.97 Å². The Morgan fingerprint density at radius 2 is 2.03 bits per heavy atom. The van der Waals surface area contributed by atoms with Crippen molar-refractivity contribution in [3.63, 3.8) is 0 Å². The van der Waals surface area contributed by atoms with Crippen molar-refractivity contribution in [1.82, 2.24) is 19.9 Å². The first-order valence-electron chi connectivity index (χ1n) is 9.08. The molecule has 30 heavy (non-hydrogen) atoms. The van der Waals surface area contributed by atoms with Crippen LogP contribution in [-0.2, 0) is 16.1 Å². The number of aliphatic hydroxyl groups is 2. The van der Waals surface area contributed by atoms with Crippen molar-refractivity contribution in [2.24, 2.45) is 0 Å². The number of nitrogens with two attached hydrogens (primary N) is 1. The highest BCUT2D eigenvalue weighted by Gasteiger charge is 2.42. The average molecular weight is 427 g/mol. The number of ether oxygens (including phenoxy) is 1. The van der Waals surface area contributed by atoms with Crippen molar-refractivity contribution < 1.29 is 32.9 Å². The summed E-state index contributed by atoms with van der Waals surface area (Å²) in [7, 11) is 0. The number of aliphatic hydroxyl groups excluding tert-OH is 2. The van der Waals surface area contributed by atoms with Crippen LogP contribution in [0, 0.1) is 11.8 Å². The number of nitrogens with zero attached hydrogens (tertiary/aromatic N) is 3. The van der Waals surface area contributed by atoms with E-state index in [2.05, 4.69) is 21.8 Å². The van der Waals surface area contributed by atoms with E-state index in [0.29, 0.717) is 23.0 Å². The van der Waals surface area contributed by atoms with E-state index < -0.39 is 43.0 Å². The first kappa shape index (κ1) is 21.8. The van der Waals surface area contributed by atoms with Gasteiger partial charge < -0.3 is 30.6 Å². The molecule has 1 saturated heterocycles. The van der Waals surface area contributed by atoms with Gasteiger partial charge in [-0.2, -0.15) is 13.2 Å². The summed E-state index contributed by atoms with van der Waals surface area (Å²) >= 11 is 0. The van der Waals surface area contributed by atoms with Gasteiger partial charge in [0.15, 0.2) is 0 Å². The Kier molecular flexibility index (Phi) is 6.16. The predicted octanol–water partition coefficient (Wildman–Crippen LogP) is -0.0573. The maximum Gasteiger partial charge on any atom is 0.471 e. The molecule has 4 atom stereocenters. The number of alkyl halides is 3. The number of anilines is 1. The number of hydrogen-bond acceptors (Lipinski definition) is 7. The quantitative estimate of drug-likeness (QED) is 0.502. The van der Waals surface area contributed by atoms with E-state index >= 15 is 0 Å². The molecule has 0 spiro atoms. The maximum absolute atomic E-state index is 12.2. The van der Waals surface area contributed by atoms with Crippen molar-refractivity contribution in [3.05, 3.63) is 18.1 Å². The maximum atomic E-state index is 12.2. The minimum atomic E-state index is -4.99. The van der Waals surface area contributed by atoms with Gasteiger partial charge in [0.2, 0.25) is 0 Å². The van der Waals surface area contributed by atoms with Crippen LogP contribution in [0.1, 0.15) is 18.9 Å². The second-order valence-corrected chi connectivity index (χ2v) is 6.74. The van der Waals surface area contributed by atoms with Gasteiger partial charge in [-0.1, -0.05) is 18.8 Å². The third-order valence-electron chi connectivity index (χ3n) is 4.74. The smallest absolute Gasteiger partial charge is 0.388 e. The predicted molar refractivity (Wildman–Crippen MR) is 98.8 cm³/mol. The fourth-order valence-electron chi connectivity index (χ4n) is 3.25. The van der Waals surface area contributed by atoms with E-state index in [0.717, 1.165) is 0 Å². The van der Waals surface area contributed by atoms with Gasteiger partial charge in [0.1, 0.15) is 36.1 Å². The zero-order valence-electron chi connectivity index (χ0n) is 15.8. The molecule has 1 amide bonds. The third-order valence-corrected chi connectivity index (χ3v) is 4.74. The van der Waals surface area contributed by atoms with Crippen LogP contribution in [0.25, 0.3) is 11.0 Å². The second-order valence-electron chi connectivity index (χ2n) is 6.74. The highest BCUT2D eigenvalue weighted by Crippen LogP contribution is 2.28. The van der Waals surface area contributed by atoms with Crippen LogP contribution in [0.15, 0.2) is 12.5 Å². The molecule has 0 aromatic carbocycles. The summed E-state index contributed by atoms with van der Waals surface area (Å²) in [6.07, 6.45) is -4.99. The third kappa shape index (κ3) is 4.33. The van der Waals surface area contributed by atoms with Crippen LogP contribution in [0.4, 0.5) is 19.0 Å². The average Bonchev–Trinajstić information content (AvgIpc) is 3.17. The number of fused-ring (bicyclic) bond motifs is 1. The lowest BCUT2D eigenvalue weighted by Gasteiger charge is -2.15. The molecule has 0 saturated carbocycles. The number of hydrogen-bond donors (Lipinski definition) is 4. The molecule has 162 valence electrons. The summed E-state index contributed by atoms with van der Waals surface area (Å²) in [4.78, 5) is 18.9. The zero-order valence-corrected chi connectivity index (χ0v) is 15.8. The Morgan fingerprint density at radius 1 is 1.33 bits per heavy atom. The van der Waals surface area contributed by atoms with Crippen LogP contribution < -0.4 is 11.1 Å². The summed E-state index contributed by atoms with van der Waals surface area (Å²) in [5.41, 5.74) is 6.63. The first-order valence-corrected chi connectivity index (χ1v) is 9.08. The number of halogens is 3. The Morgan fingerprint density at radius 3 is 2.67 bits per heavy atom. The lowest BCUT2D eigenvalue weighted by Crippen LogP contribution is -2.36. The molecular weight excluding hydrogens is 407 g/mol. The topological polar surface area (TPSA) is 136 Å².